The third kappa shape index (κ3) is 6.51. The highest BCUT2D eigenvalue weighted by molar-refractivity contribution is 6.05. The van der Waals surface area contributed by atoms with Gasteiger partial charge in [0.15, 0.2) is 0 Å². The molecular formula is C18H12N4O10. The number of non-ortho nitro benzene ring substituents is 2. The predicted molar refractivity (Wildman–Crippen MR) is 104 cm³/mol. The van der Waals surface area contributed by atoms with Gasteiger partial charge in [0, 0.05) is 24.3 Å². The molecular weight excluding hydrogens is 432 g/mol. The lowest BCUT2D eigenvalue weighted by molar-refractivity contribution is -0.385. The van der Waals surface area contributed by atoms with Crippen LogP contribution < -0.4 is 5.32 Å². The molecule has 0 aliphatic carbocycles. The van der Waals surface area contributed by atoms with Gasteiger partial charge in [-0.2, -0.15) is 4.99 Å². The smallest absolute Gasteiger partial charge is 0.372 e. The first-order valence-corrected chi connectivity index (χ1v) is 8.40. The van der Waals surface area contributed by atoms with Crippen molar-refractivity contribution in [3.05, 3.63) is 79.9 Å². The molecule has 0 radical (unpaired) electrons. The van der Waals surface area contributed by atoms with Crippen molar-refractivity contribution in [2.24, 2.45) is 4.99 Å². The molecule has 2 aromatic carbocycles. The second-order valence-electron chi connectivity index (χ2n) is 5.76. The molecule has 164 valence electrons. The molecule has 2 amide bonds. The minimum absolute atomic E-state index is 0.145. The van der Waals surface area contributed by atoms with Crippen molar-refractivity contribution in [1.82, 2.24) is 5.32 Å². The van der Waals surface area contributed by atoms with Crippen molar-refractivity contribution in [3.8, 4) is 0 Å². The van der Waals surface area contributed by atoms with Crippen LogP contribution >= 0.6 is 0 Å². The summed E-state index contributed by atoms with van der Waals surface area (Å²) in [6.45, 7) is 1.13. The molecule has 14 nitrogen and oxygen atoms in total. The number of amides is 2. The van der Waals surface area contributed by atoms with Crippen molar-refractivity contribution >= 4 is 41.3 Å². The lowest BCUT2D eigenvalue weighted by Crippen LogP contribution is -2.31. The third-order valence-electron chi connectivity index (χ3n) is 3.54. The number of ether oxygens (including phenoxy) is 2. The van der Waals surface area contributed by atoms with E-state index in [0.717, 1.165) is 55.5 Å². The largest absolute Gasteiger partial charge is 0.443 e. The zero-order valence-corrected chi connectivity index (χ0v) is 16.0. The average molecular weight is 444 g/mol. The number of carbonyl (C=O) groups is 4. The Kier molecular flexibility index (Phi) is 7.38. The summed E-state index contributed by atoms with van der Waals surface area (Å²) in [6.07, 6.45) is -2.73. The molecule has 0 aliphatic rings. The summed E-state index contributed by atoms with van der Waals surface area (Å²) < 4.78 is 8.88. The lowest BCUT2D eigenvalue weighted by Gasteiger charge is -2.05. The molecule has 0 spiro atoms. The predicted octanol–water partition coefficient (Wildman–Crippen LogP) is 2.76. The number of alkyl carbamates (subject to hydrolysis) is 1. The van der Waals surface area contributed by atoms with Crippen LogP contribution in [-0.2, 0) is 9.47 Å². The number of amidine groups is 1. The summed E-state index contributed by atoms with van der Waals surface area (Å²) in [6, 6.07) is 8.46. The number of nitro groups is 2. The van der Waals surface area contributed by atoms with Crippen molar-refractivity contribution in [1.29, 1.82) is 0 Å². The van der Waals surface area contributed by atoms with E-state index in [1.807, 2.05) is 5.32 Å². The van der Waals surface area contributed by atoms with Crippen LogP contribution in [0.1, 0.15) is 27.6 Å². The van der Waals surface area contributed by atoms with Gasteiger partial charge in [0.25, 0.3) is 11.4 Å². The van der Waals surface area contributed by atoms with Gasteiger partial charge >= 0.3 is 24.1 Å². The van der Waals surface area contributed by atoms with E-state index in [2.05, 4.69) is 14.5 Å². The second kappa shape index (κ2) is 10.1. The Morgan fingerprint density at radius 3 is 1.59 bits per heavy atom. The van der Waals surface area contributed by atoms with Gasteiger partial charge in [0.1, 0.15) is 5.84 Å². The number of carbonyl (C=O) groups excluding carboxylic acids is 4. The number of hydrogen-bond donors (Lipinski definition) is 1. The number of aliphatic imine (C=N–C) groups is 1. The molecule has 0 heterocycles. The number of nitrogens with one attached hydrogen (secondary N) is 1. The van der Waals surface area contributed by atoms with Crippen LogP contribution in [0.3, 0.4) is 0 Å². The molecule has 2 aromatic rings. The van der Waals surface area contributed by atoms with Crippen molar-refractivity contribution < 1.29 is 38.5 Å². The fourth-order valence-corrected chi connectivity index (χ4v) is 2.08. The number of benzene rings is 2. The van der Waals surface area contributed by atoms with Crippen molar-refractivity contribution in [2.75, 3.05) is 0 Å². The average Bonchev–Trinajstić information content (AvgIpc) is 2.73. The van der Waals surface area contributed by atoms with Gasteiger partial charge in [-0.25, -0.2) is 19.2 Å². The zero-order chi connectivity index (χ0) is 23.8. The molecule has 14 heteroatoms. The quantitative estimate of drug-likeness (QED) is 0.183. The standard InChI is InChI=1S/C18H12N4O10/c1-10(19-17(25)31-15(23)11-2-6-13(7-3-11)21(27)28)20-18(26)32-16(24)12-4-8-14(9-5-12)22(29)30/h2-9H,1H3,(H,19,20,25,26). The minimum Gasteiger partial charge on any atom is -0.372 e. The number of hydrogen-bond acceptors (Lipinski definition) is 10. The highest BCUT2D eigenvalue weighted by atomic mass is 16.6. The van der Waals surface area contributed by atoms with Crippen molar-refractivity contribution in [3.63, 3.8) is 0 Å². The van der Waals surface area contributed by atoms with E-state index in [1.165, 1.54) is 0 Å². The Hall–Kier alpha value is -5.01. The normalized spacial score (nSPS) is 10.6. The van der Waals surface area contributed by atoms with Gasteiger partial charge in [-0.3, -0.25) is 25.5 Å². The Morgan fingerprint density at radius 2 is 1.19 bits per heavy atom. The maximum absolute atomic E-state index is 11.8. The molecule has 32 heavy (non-hydrogen) atoms. The van der Waals surface area contributed by atoms with E-state index in [9.17, 15) is 39.4 Å². The van der Waals surface area contributed by atoms with Gasteiger partial charge < -0.3 is 9.47 Å². The first-order valence-electron chi connectivity index (χ1n) is 8.40. The summed E-state index contributed by atoms with van der Waals surface area (Å²) in [5, 5.41) is 23.1. The lowest BCUT2D eigenvalue weighted by atomic mass is 10.2. The van der Waals surface area contributed by atoms with Crippen LogP contribution in [0.4, 0.5) is 21.0 Å². The van der Waals surface area contributed by atoms with E-state index in [4.69, 9.17) is 0 Å². The van der Waals surface area contributed by atoms with E-state index in [-0.39, 0.29) is 28.3 Å². The number of rotatable bonds is 4. The molecule has 0 saturated heterocycles. The first-order chi connectivity index (χ1) is 15.1. The van der Waals surface area contributed by atoms with Crippen LogP contribution in [0.2, 0.25) is 0 Å². The number of nitrogens with zero attached hydrogens (tertiary/aromatic N) is 3. The van der Waals surface area contributed by atoms with Gasteiger partial charge in [0.05, 0.1) is 21.0 Å². The Bertz CT molecular complexity index is 1120. The summed E-state index contributed by atoms with van der Waals surface area (Å²) in [5.41, 5.74) is -0.838. The molecule has 1 N–H and O–H groups in total. The van der Waals surface area contributed by atoms with E-state index in [1.54, 1.807) is 0 Å². The van der Waals surface area contributed by atoms with Gasteiger partial charge in [-0.05, 0) is 31.2 Å². The second-order valence-corrected chi connectivity index (χ2v) is 5.76. The van der Waals surface area contributed by atoms with Gasteiger partial charge in [0.2, 0.25) is 0 Å². The van der Waals surface area contributed by atoms with Crippen LogP contribution in [-0.4, -0.2) is 39.8 Å². The first kappa shape index (κ1) is 23.3. The van der Waals surface area contributed by atoms with Crippen LogP contribution in [0.5, 0.6) is 0 Å². The van der Waals surface area contributed by atoms with Crippen LogP contribution in [0.25, 0.3) is 0 Å². The Labute approximate surface area is 177 Å². The fourth-order valence-electron chi connectivity index (χ4n) is 2.08. The molecule has 0 aliphatic heterocycles. The topological polar surface area (TPSA) is 197 Å². The highest BCUT2D eigenvalue weighted by Crippen LogP contribution is 2.14. The maximum Gasteiger partial charge on any atom is 0.443 e. The molecule has 0 atom stereocenters. The molecule has 0 bridgehead atoms. The van der Waals surface area contributed by atoms with Gasteiger partial charge in [-0.15, -0.1) is 0 Å². The summed E-state index contributed by atoms with van der Waals surface area (Å²) in [4.78, 5) is 70.1. The number of nitro benzene ring substituents is 2. The minimum atomic E-state index is -1.41. The maximum atomic E-state index is 11.8. The zero-order valence-electron chi connectivity index (χ0n) is 16.0. The highest BCUT2D eigenvalue weighted by Gasteiger charge is 2.17. The molecule has 2 rings (SSSR count). The summed E-state index contributed by atoms with van der Waals surface area (Å²) in [7, 11) is 0. The number of esters is 2. The Morgan fingerprint density at radius 1 is 0.781 bits per heavy atom. The SMILES string of the molecule is C/C(=N/C(=O)OC(=O)c1ccc([N+](=O)[O-])cc1)NC(=O)OC(=O)c1ccc([N+](=O)[O-])cc1. The fraction of sp³-hybridized carbons (Fsp3) is 0.0556. The summed E-state index contributed by atoms with van der Waals surface area (Å²) >= 11 is 0. The van der Waals surface area contributed by atoms with E-state index >= 15 is 0 Å². The molecule has 0 unspecified atom stereocenters. The Balaban J connectivity index is 1.89. The van der Waals surface area contributed by atoms with Crippen LogP contribution in [0.15, 0.2) is 53.5 Å². The van der Waals surface area contributed by atoms with Crippen molar-refractivity contribution in [2.45, 2.75) is 6.92 Å². The van der Waals surface area contributed by atoms with E-state index in [0.29, 0.717) is 0 Å². The van der Waals surface area contributed by atoms with Crippen LogP contribution in [0, 0.1) is 20.2 Å². The monoisotopic (exact) mass is 444 g/mol. The molecule has 0 aromatic heterocycles. The molecule has 0 saturated carbocycles. The van der Waals surface area contributed by atoms with E-state index < -0.39 is 34.0 Å². The summed E-state index contributed by atoms with van der Waals surface area (Å²) in [5.74, 6) is -2.65. The third-order valence-corrected chi connectivity index (χ3v) is 3.54. The molecule has 0 fully saturated rings. The van der Waals surface area contributed by atoms with Gasteiger partial charge in [-0.1, -0.05) is 0 Å².